The predicted octanol–water partition coefficient (Wildman–Crippen LogP) is 2.06. The quantitative estimate of drug-likeness (QED) is 0.770. The van der Waals surface area contributed by atoms with E-state index in [-0.39, 0.29) is 11.4 Å². The first-order chi connectivity index (χ1) is 8.06. The van der Waals surface area contributed by atoms with E-state index in [4.69, 9.17) is 5.73 Å². The highest BCUT2D eigenvalue weighted by Gasteiger charge is 2.40. The van der Waals surface area contributed by atoms with Gasteiger partial charge in [0, 0.05) is 18.5 Å². The third-order valence-corrected chi connectivity index (χ3v) is 5.00. The molecule has 1 amide bonds. The van der Waals surface area contributed by atoms with Crippen LogP contribution in [0.25, 0.3) is 0 Å². The average Bonchev–Trinajstić information content (AvgIpc) is 2.90. The average molecular weight is 238 g/mol. The van der Waals surface area contributed by atoms with Gasteiger partial charge in [-0.1, -0.05) is 13.3 Å². The van der Waals surface area contributed by atoms with E-state index in [9.17, 15) is 4.79 Å². The maximum atomic E-state index is 12.0. The highest BCUT2D eigenvalue weighted by atomic mass is 16.1. The summed E-state index contributed by atoms with van der Waals surface area (Å²) in [5, 5.41) is 3.12. The van der Waals surface area contributed by atoms with E-state index in [1.165, 1.54) is 25.7 Å². The Morgan fingerprint density at radius 3 is 2.65 bits per heavy atom. The van der Waals surface area contributed by atoms with Crippen molar-refractivity contribution in [2.75, 3.05) is 6.54 Å². The second kappa shape index (κ2) is 4.97. The van der Waals surface area contributed by atoms with Crippen molar-refractivity contribution in [2.24, 2.45) is 23.5 Å². The Bertz CT molecular complexity index is 286. The van der Waals surface area contributed by atoms with Gasteiger partial charge in [-0.3, -0.25) is 4.79 Å². The SMILES string of the molecule is CCC(C)(CN)NC(=O)CC1CC2CCC1C2. The largest absolute Gasteiger partial charge is 0.350 e. The van der Waals surface area contributed by atoms with Crippen molar-refractivity contribution in [1.29, 1.82) is 0 Å². The summed E-state index contributed by atoms with van der Waals surface area (Å²) in [7, 11) is 0. The van der Waals surface area contributed by atoms with Gasteiger partial charge in [0.1, 0.15) is 0 Å². The van der Waals surface area contributed by atoms with Crippen molar-refractivity contribution in [3.05, 3.63) is 0 Å². The minimum Gasteiger partial charge on any atom is -0.350 e. The summed E-state index contributed by atoms with van der Waals surface area (Å²) in [5.74, 6) is 2.60. The zero-order chi connectivity index (χ0) is 12.5. The summed E-state index contributed by atoms with van der Waals surface area (Å²) < 4.78 is 0. The Hall–Kier alpha value is -0.570. The molecule has 0 aromatic rings. The van der Waals surface area contributed by atoms with E-state index >= 15 is 0 Å². The number of fused-ring (bicyclic) bond motifs is 2. The van der Waals surface area contributed by atoms with Crippen LogP contribution in [-0.2, 0) is 4.79 Å². The number of hydrogen-bond acceptors (Lipinski definition) is 2. The molecule has 2 saturated carbocycles. The molecule has 3 heteroatoms. The number of rotatable bonds is 5. The third kappa shape index (κ3) is 2.82. The molecule has 2 bridgehead atoms. The Morgan fingerprint density at radius 1 is 1.41 bits per heavy atom. The van der Waals surface area contributed by atoms with Gasteiger partial charge in [0.05, 0.1) is 0 Å². The second-order valence-electron chi connectivity index (χ2n) is 6.31. The van der Waals surface area contributed by atoms with E-state index in [0.717, 1.165) is 24.7 Å². The number of nitrogens with one attached hydrogen (secondary N) is 1. The molecule has 98 valence electrons. The van der Waals surface area contributed by atoms with Crippen LogP contribution in [0.5, 0.6) is 0 Å². The number of carbonyl (C=O) groups is 1. The molecule has 0 radical (unpaired) electrons. The fourth-order valence-corrected chi connectivity index (χ4v) is 3.54. The maximum absolute atomic E-state index is 12.0. The van der Waals surface area contributed by atoms with Gasteiger partial charge in [-0.25, -0.2) is 0 Å². The van der Waals surface area contributed by atoms with E-state index in [0.29, 0.717) is 12.5 Å². The molecule has 0 heterocycles. The van der Waals surface area contributed by atoms with E-state index in [1.807, 2.05) is 6.92 Å². The predicted molar refractivity (Wildman–Crippen MR) is 69.4 cm³/mol. The summed E-state index contributed by atoms with van der Waals surface area (Å²) in [6.45, 7) is 4.63. The lowest BCUT2D eigenvalue weighted by Gasteiger charge is -2.29. The first-order valence-electron chi connectivity index (χ1n) is 7.07. The van der Waals surface area contributed by atoms with Gasteiger partial charge < -0.3 is 11.1 Å². The topological polar surface area (TPSA) is 55.1 Å². The highest BCUT2D eigenvalue weighted by Crippen LogP contribution is 2.49. The molecule has 3 nitrogen and oxygen atoms in total. The molecule has 2 aliphatic carbocycles. The first kappa shape index (κ1) is 12.9. The fourth-order valence-electron chi connectivity index (χ4n) is 3.54. The lowest BCUT2D eigenvalue weighted by atomic mass is 9.86. The molecule has 4 atom stereocenters. The molecule has 3 N–H and O–H groups in total. The van der Waals surface area contributed by atoms with Crippen LogP contribution >= 0.6 is 0 Å². The van der Waals surface area contributed by atoms with Crippen molar-refractivity contribution in [1.82, 2.24) is 5.32 Å². The second-order valence-corrected chi connectivity index (χ2v) is 6.31. The van der Waals surface area contributed by atoms with Crippen LogP contribution in [0.3, 0.4) is 0 Å². The van der Waals surface area contributed by atoms with Crippen LogP contribution in [0, 0.1) is 17.8 Å². The normalized spacial score (nSPS) is 34.6. The van der Waals surface area contributed by atoms with Crippen LogP contribution in [0.15, 0.2) is 0 Å². The van der Waals surface area contributed by atoms with Crippen LogP contribution in [0.1, 0.15) is 52.4 Å². The van der Waals surface area contributed by atoms with Crippen molar-refractivity contribution in [3.63, 3.8) is 0 Å². The smallest absolute Gasteiger partial charge is 0.220 e. The fraction of sp³-hybridized carbons (Fsp3) is 0.929. The molecular weight excluding hydrogens is 212 g/mol. The summed E-state index contributed by atoms with van der Waals surface area (Å²) in [6.07, 6.45) is 7.02. The minimum absolute atomic E-state index is 0.206. The van der Waals surface area contributed by atoms with Gasteiger partial charge >= 0.3 is 0 Å². The zero-order valence-electron chi connectivity index (χ0n) is 11.2. The Balaban J connectivity index is 1.81. The van der Waals surface area contributed by atoms with Gasteiger partial charge in [0.25, 0.3) is 0 Å². The van der Waals surface area contributed by atoms with Crippen LogP contribution in [0.4, 0.5) is 0 Å². The molecule has 0 aromatic heterocycles. The van der Waals surface area contributed by atoms with Gasteiger partial charge in [0.15, 0.2) is 0 Å². The van der Waals surface area contributed by atoms with Crippen LogP contribution in [-0.4, -0.2) is 18.0 Å². The minimum atomic E-state index is -0.214. The summed E-state index contributed by atoms with van der Waals surface area (Å²) >= 11 is 0. The van der Waals surface area contributed by atoms with Gasteiger partial charge in [0.2, 0.25) is 5.91 Å². The van der Waals surface area contributed by atoms with Crippen molar-refractivity contribution < 1.29 is 4.79 Å². The monoisotopic (exact) mass is 238 g/mol. The molecule has 0 spiro atoms. The van der Waals surface area contributed by atoms with Gasteiger partial charge in [-0.15, -0.1) is 0 Å². The Kier molecular flexibility index (Phi) is 3.76. The lowest BCUT2D eigenvalue weighted by molar-refractivity contribution is -0.124. The molecular formula is C14H26N2O. The third-order valence-electron chi connectivity index (χ3n) is 5.00. The number of amides is 1. The summed E-state index contributed by atoms with van der Waals surface area (Å²) in [5.41, 5.74) is 5.51. The van der Waals surface area contributed by atoms with Crippen LogP contribution in [0.2, 0.25) is 0 Å². The molecule has 2 fully saturated rings. The number of hydrogen-bond donors (Lipinski definition) is 2. The molecule has 0 aromatic carbocycles. The van der Waals surface area contributed by atoms with Crippen LogP contribution < -0.4 is 11.1 Å². The van der Waals surface area contributed by atoms with E-state index in [2.05, 4.69) is 12.2 Å². The maximum Gasteiger partial charge on any atom is 0.220 e. The van der Waals surface area contributed by atoms with Crippen molar-refractivity contribution in [3.8, 4) is 0 Å². The standard InChI is InChI=1S/C14H26N2O/c1-3-14(2,9-15)16-13(17)8-12-7-10-4-5-11(12)6-10/h10-12H,3-9,15H2,1-2H3,(H,16,17). The Morgan fingerprint density at radius 2 is 2.18 bits per heavy atom. The summed E-state index contributed by atoms with van der Waals surface area (Å²) in [6, 6.07) is 0. The number of nitrogens with two attached hydrogens (primary N) is 1. The molecule has 17 heavy (non-hydrogen) atoms. The summed E-state index contributed by atoms with van der Waals surface area (Å²) in [4.78, 5) is 12.0. The van der Waals surface area contributed by atoms with Crippen molar-refractivity contribution in [2.45, 2.75) is 57.9 Å². The van der Waals surface area contributed by atoms with Gasteiger partial charge in [-0.2, -0.15) is 0 Å². The highest BCUT2D eigenvalue weighted by molar-refractivity contribution is 5.77. The zero-order valence-corrected chi connectivity index (χ0v) is 11.2. The molecule has 0 saturated heterocycles. The molecule has 2 aliphatic rings. The van der Waals surface area contributed by atoms with E-state index in [1.54, 1.807) is 0 Å². The molecule has 2 rings (SSSR count). The van der Waals surface area contributed by atoms with Gasteiger partial charge in [-0.05, 0) is 50.4 Å². The van der Waals surface area contributed by atoms with E-state index < -0.39 is 0 Å². The number of carbonyl (C=O) groups excluding carboxylic acids is 1. The first-order valence-corrected chi connectivity index (χ1v) is 7.07. The Labute approximate surface area is 105 Å². The lowest BCUT2D eigenvalue weighted by Crippen LogP contribution is -2.51. The molecule has 4 unspecified atom stereocenters. The molecule has 0 aliphatic heterocycles. The van der Waals surface area contributed by atoms with Crippen molar-refractivity contribution >= 4 is 5.91 Å².